The molecule has 0 bridgehead atoms. The van der Waals surface area contributed by atoms with Crippen LogP contribution in [0.5, 0.6) is 0 Å². The molecule has 0 unspecified atom stereocenters. The van der Waals surface area contributed by atoms with E-state index in [0.717, 1.165) is 10.0 Å². The highest BCUT2D eigenvalue weighted by molar-refractivity contribution is 9.10. The Morgan fingerprint density at radius 3 is 2.88 bits per heavy atom. The summed E-state index contributed by atoms with van der Waals surface area (Å²) >= 11 is 3.33. The van der Waals surface area contributed by atoms with Gasteiger partial charge in [-0.3, -0.25) is 20.1 Å². The van der Waals surface area contributed by atoms with E-state index in [-0.39, 0.29) is 6.54 Å². The van der Waals surface area contributed by atoms with Crippen LogP contribution in [0, 0.1) is 10.1 Å². The standard InChI is InChI=1S/C10H13BrN4O2/c1-12-10(7-15(16)17)14(2)6-8-3-9(11)5-13-4-8/h3-5H,6-7H2,1-2H3. The molecule has 0 atom stereocenters. The first-order valence-electron chi connectivity index (χ1n) is 4.91. The number of amidine groups is 1. The zero-order valence-corrected chi connectivity index (χ0v) is 11.2. The van der Waals surface area contributed by atoms with Gasteiger partial charge < -0.3 is 4.90 Å². The van der Waals surface area contributed by atoms with Crippen LogP contribution in [0.3, 0.4) is 0 Å². The number of likely N-dealkylation sites (N-methyl/N-ethyl adjacent to an activating group) is 1. The minimum atomic E-state index is -0.391. The number of rotatable bonds is 4. The maximum Gasteiger partial charge on any atom is 0.260 e. The predicted octanol–water partition coefficient (Wildman–Crippen LogP) is 1.58. The molecule has 0 radical (unpaired) electrons. The third kappa shape index (κ3) is 4.48. The van der Waals surface area contributed by atoms with Gasteiger partial charge in [0.25, 0.3) is 6.54 Å². The number of hydrogen-bond acceptors (Lipinski definition) is 4. The highest BCUT2D eigenvalue weighted by Crippen LogP contribution is 2.11. The molecule has 1 aromatic rings. The van der Waals surface area contributed by atoms with E-state index in [0.29, 0.717) is 12.4 Å². The fourth-order valence-corrected chi connectivity index (χ4v) is 1.80. The van der Waals surface area contributed by atoms with Crippen LogP contribution in [0.1, 0.15) is 5.56 Å². The lowest BCUT2D eigenvalue weighted by Gasteiger charge is -2.18. The van der Waals surface area contributed by atoms with Crippen molar-refractivity contribution in [1.29, 1.82) is 0 Å². The molecule has 1 heterocycles. The Labute approximate surface area is 108 Å². The van der Waals surface area contributed by atoms with E-state index in [1.807, 2.05) is 6.07 Å². The molecule has 0 saturated heterocycles. The van der Waals surface area contributed by atoms with Gasteiger partial charge in [-0.05, 0) is 27.6 Å². The van der Waals surface area contributed by atoms with Crippen molar-refractivity contribution in [2.45, 2.75) is 6.54 Å². The Morgan fingerprint density at radius 2 is 2.35 bits per heavy atom. The normalized spacial score (nSPS) is 11.4. The Kier molecular flexibility index (Phi) is 5.02. The fourth-order valence-electron chi connectivity index (χ4n) is 1.39. The zero-order chi connectivity index (χ0) is 12.8. The van der Waals surface area contributed by atoms with Crippen molar-refractivity contribution in [3.05, 3.63) is 38.6 Å². The summed E-state index contributed by atoms with van der Waals surface area (Å²) in [6.07, 6.45) is 3.41. The summed E-state index contributed by atoms with van der Waals surface area (Å²) in [7, 11) is 3.32. The molecule has 0 aliphatic rings. The summed E-state index contributed by atoms with van der Waals surface area (Å²) in [5, 5.41) is 10.5. The average molecular weight is 301 g/mol. The molecule has 0 aliphatic carbocycles. The second kappa shape index (κ2) is 6.29. The lowest BCUT2D eigenvalue weighted by molar-refractivity contribution is -0.464. The molecule has 6 nitrogen and oxygen atoms in total. The van der Waals surface area contributed by atoms with Gasteiger partial charge in [-0.25, -0.2) is 0 Å². The topological polar surface area (TPSA) is 71.6 Å². The van der Waals surface area contributed by atoms with Crippen molar-refractivity contribution >= 4 is 21.8 Å². The predicted molar refractivity (Wildman–Crippen MR) is 68.6 cm³/mol. The van der Waals surface area contributed by atoms with Crippen molar-refractivity contribution < 1.29 is 4.92 Å². The van der Waals surface area contributed by atoms with Crippen LogP contribution in [-0.2, 0) is 6.54 Å². The Bertz CT molecular complexity index is 436. The van der Waals surface area contributed by atoms with E-state index in [9.17, 15) is 10.1 Å². The largest absolute Gasteiger partial charge is 0.354 e. The highest BCUT2D eigenvalue weighted by Gasteiger charge is 2.12. The lowest BCUT2D eigenvalue weighted by atomic mass is 10.2. The molecule has 1 rings (SSSR count). The quantitative estimate of drug-likeness (QED) is 0.366. The van der Waals surface area contributed by atoms with Gasteiger partial charge in [0, 0.05) is 42.4 Å². The summed E-state index contributed by atoms with van der Waals surface area (Å²) in [6.45, 7) is 0.265. The van der Waals surface area contributed by atoms with Crippen LogP contribution in [0.4, 0.5) is 0 Å². The van der Waals surface area contributed by atoms with E-state index in [2.05, 4.69) is 25.9 Å². The van der Waals surface area contributed by atoms with Crippen molar-refractivity contribution in [3.8, 4) is 0 Å². The molecule has 0 N–H and O–H groups in total. The number of pyridine rings is 1. The molecule has 0 saturated carbocycles. The number of nitrogens with zero attached hydrogens (tertiary/aromatic N) is 4. The third-order valence-corrected chi connectivity index (χ3v) is 2.58. The Balaban J connectivity index is 2.70. The van der Waals surface area contributed by atoms with Gasteiger partial charge in [0.2, 0.25) is 0 Å². The van der Waals surface area contributed by atoms with Gasteiger partial charge in [-0.1, -0.05) is 0 Å². The van der Waals surface area contributed by atoms with Gasteiger partial charge in [0.15, 0.2) is 5.84 Å². The van der Waals surface area contributed by atoms with Gasteiger partial charge in [-0.2, -0.15) is 0 Å². The number of nitro groups is 1. The molecule has 0 spiro atoms. The first-order valence-corrected chi connectivity index (χ1v) is 5.70. The molecular formula is C10H13BrN4O2. The van der Waals surface area contributed by atoms with Crippen LogP contribution in [0.25, 0.3) is 0 Å². The third-order valence-electron chi connectivity index (χ3n) is 2.15. The van der Waals surface area contributed by atoms with E-state index < -0.39 is 4.92 Å². The summed E-state index contributed by atoms with van der Waals surface area (Å²) in [5.74, 6) is 0.440. The first kappa shape index (κ1) is 13.6. The molecular weight excluding hydrogens is 288 g/mol. The lowest BCUT2D eigenvalue weighted by Crippen LogP contribution is -2.32. The number of aromatic nitrogens is 1. The van der Waals surface area contributed by atoms with Gasteiger partial charge in [-0.15, -0.1) is 0 Å². The first-order chi connectivity index (χ1) is 8.02. The second-order valence-corrected chi connectivity index (χ2v) is 4.41. The number of hydrogen-bond donors (Lipinski definition) is 0. The molecule has 0 aromatic carbocycles. The smallest absolute Gasteiger partial charge is 0.260 e. The van der Waals surface area contributed by atoms with Gasteiger partial charge >= 0.3 is 0 Å². The van der Waals surface area contributed by atoms with Crippen LogP contribution >= 0.6 is 15.9 Å². The summed E-state index contributed by atoms with van der Waals surface area (Å²) in [4.78, 5) is 19.8. The molecule has 0 fully saturated rings. The van der Waals surface area contributed by atoms with Gasteiger partial charge in [0.1, 0.15) is 0 Å². The minimum absolute atomic E-state index is 0.269. The fraction of sp³-hybridized carbons (Fsp3) is 0.400. The molecule has 0 aliphatic heterocycles. The monoisotopic (exact) mass is 300 g/mol. The van der Waals surface area contributed by atoms with Crippen molar-refractivity contribution in [2.24, 2.45) is 4.99 Å². The van der Waals surface area contributed by atoms with Crippen LogP contribution in [0.15, 0.2) is 27.9 Å². The second-order valence-electron chi connectivity index (χ2n) is 3.50. The molecule has 0 amide bonds. The minimum Gasteiger partial charge on any atom is -0.354 e. The SMILES string of the molecule is CN=C(C[N+](=O)[O-])N(C)Cc1cncc(Br)c1. The summed E-state index contributed by atoms with van der Waals surface area (Å²) in [5.41, 5.74) is 0.964. The molecule has 17 heavy (non-hydrogen) atoms. The number of aliphatic imine (C=N–C) groups is 1. The van der Waals surface area contributed by atoms with E-state index in [4.69, 9.17) is 0 Å². The summed E-state index contributed by atoms with van der Waals surface area (Å²) < 4.78 is 0.882. The summed E-state index contributed by atoms with van der Waals surface area (Å²) in [6, 6.07) is 1.92. The van der Waals surface area contributed by atoms with Crippen LogP contribution < -0.4 is 0 Å². The molecule has 7 heteroatoms. The Morgan fingerprint density at radius 1 is 1.65 bits per heavy atom. The van der Waals surface area contributed by atoms with Gasteiger partial charge in [0.05, 0.1) is 0 Å². The van der Waals surface area contributed by atoms with E-state index in [1.165, 1.54) is 0 Å². The molecule has 92 valence electrons. The Hall–Kier alpha value is -1.50. The van der Waals surface area contributed by atoms with Crippen molar-refractivity contribution in [3.63, 3.8) is 0 Å². The van der Waals surface area contributed by atoms with Crippen LogP contribution in [-0.4, -0.2) is 41.3 Å². The van der Waals surface area contributed by atoms with E-state index in [1.54, 1.807) is 31.4 Å². The average Bonchev–Trinajstić information content (AvgIpc) is 2.25. The zero-order valence-electron chi connectivity index (χ0n) is 9.63. The number of halogens is 1. The van der Waals surface area contributed by atoms with Crippen molar-refractivity contribution in [2.75, 3.05) is 20.6 Å². The van der Waals surface area contributed by atoms with Crippen LogP contribution in [0.2, 0.25) is 0 Å². The van der Waals surface area contributed by atoms with Crippen molar-refractivity contribution in [1.82, 2.24) is 9.88 Å². The highest BCUT2D eigenvalue weighted by atomic mass is 79.9. The maximum atomic E-state index is 10.5. The molecule has 1 aromatic heterocycles. The maximum absolute atomic E-state index is 10.5. The van der Waals surface area contributed by atoms with E-state index >= 15 is 0 Å².